The van der Waals surface area contributed by atoms with Gasteiger partial charge in [-0.15, -0.1) is 0 Å². The number of hydrogen-bond donors (Lipinski definition) is 1. The minimum absolute atomic E-state index is 0.125. The van der Waals surface area contributed by atoms with Gasteiger partial charge in [-0.3, -0.25) is 4.79 Å². The zero-order chi connectivity index (χ0) is 17.3. The summed E-state index contributed by atoms with van der Waals surface area (Å²) in [5, 5.41) is 3.20. The molecule has 1 aromatic rings. The van der Waals surface area contributed by atoms with Gasteiger partial charge in [-0.25, -0.2) is 8.42 Å². The molecule has 1 atom stereocenters. The molecule has 0 spiro atoms. The first-order chi connectivity index (χ1) is 11.4. The summed E-state index contributed by atoms with van der Waals surface area (Å²) in [6, 6.07) is 4.75. The Morgan fingerprint density at radius 2 is 2.08 bits per heavy atom. The number of anilines is 1. The van der Waals surface area contributed by atoms with Gasteiger partial charge in [-0.2, -0.15) is 4.31 Å². The number of nitrogens with zero attached hydrogens (tertiary/aromatic N) is 2. The van der Waals surface area contributed by atoms with Gasteiger partial charge in [0.05, 0.1) is 17.1 Å². The first-order valence-electron chi connectivity index (χ1n) is 8.19. The average molecular weight is 353 g/mol. The molecule has 0 aromatic heterocycles. The third-order valence-corrected chi connectivity index (χ3v) is 6.20. The molecule has 2 heterocycles. The van der Waals surface area contributed by atoms with E-state index < -0.39 is 10.0 Å². The molecule has 1 saturated heterocycles. The Hall–Kier alpha value is -1.64. The maximum absolute atomic E-state index is 12.9. The molecular weight excluding hydrogens is 330 g/mol. The monoisotopic (exact) mass is 353 g/mol. The fraction of sp³-hybridized carbons (Fsp3) is 0.562. The molecule has 132 valence electrons. The van der Waals surface area contributed by atoms with E-state index in [0.717, 1.165) is 13.0 Å². The van der Waals surface area contributed by atoms with Gasteiger partial charge in [0.2, 0.25) is 15.9 Å². The van der Waals surface area contributed by atoms with E-state index in [0.29, 0.717) is 37.6 Å². The largest absolute Gasteiger partial charge is 0.487 e. The van der Waals surface area contributed by atoms with Crippen LogP contribution in [0.2, 0.25) is 0 Å². The topological polar surface area (TPSA) is 79.0 Å². The van der Waals surface area contributed by atoms with Gasteiger partial charge in [0, 0.05) is 26.6 Å². The SMILES string of the molecule is CC(=O)N1CC(C)Oc2ccc(S(=O)(=O)N3CCCNCC3)cc21. The van der Waals surface area contributed by atoms with Gasteiger partial charge in [0.1, 0.15) is 11.9 Å². The summed E-state index contributed by atoms with van der Waals surface area (Å²) < 4.78 is 33.1. The van der Waals surface area contributed by atoms with Crippen molar-refractivity contribution in [1.82, 2.24) is 9.62 Å². The molecule has 1 fully saturated rings. The summed E-state index contributed by atoms with van der Waals surface area (Å²) in [5.74, 6) is 0.417. The maximum Gasteiger partial charge on any atom is 0.243 e. The van der Waals surface area contributed by atoms with Gasteiger partial charge in [0.15, 0.2) is 0 Å². The Labute approximate surface area is 142 Å². The van der Waals surface area contributed by atoms with E-state index in [1.54, 1.807) is 23.1 Å². The molecule has 1 N–H and O–H groups in total. The van der Waals surface area contributed by atoms with Crippen LogP contribution in [0.5, 0.6) is 5.75 Å². The molecule has 1 unspecified atom stereocenters. The van der Waals surface area contributed by atoms with Crippen molar-refractivity contribution in [1.29, 1.82) is 0 Å². The molecular formula is C16H23N3O4S. The van der Waals surface area contributed by atoms with Gasteiger partial charge < -0.3 is 15.0 Å². The number of fused-ring (bicyclic) bond motifs is 1. The second-order valence-corrected chi connectivity index (χ2v) is 8.13. The molecule has 1 aromatic carbocycles. The van der Waals surface area contributed by atoms with E-state index in [1.165, 1.54) is 11.2 Å². The van der Waals surface area contributed by atoms with Crippen LogP contribution < -0.4 is 15.0 Å². The van der Waals surface area contributed by atoms with Crippen molar-refractivity contribution < 1.29 is 17.9 Å². The number of rotatable bonds is 2. The average Bonchev–Trinajstić information content (AvgIpc) is 2.83. The number of sulfonamides is 1. The number of hydrogen-bond acceptors (Lipinski definition) is 5. The lowest BCUT2D eigenvalue weighted by Gasteiger charge is -2.33. The van der Waals surface area contributed by atoms with Crippen LogP contribution in [0, 0.1) is 0 Å². The molecule has 2 aliphatic heterocycles. The Morgan fingerprint density at radius 1 is 1.29 bits per heavy atom. The van der Waals surface area contributed by atoms with Crippen molar-refractivity contribution in [3.8, 4) is 5.75 Å². The molecule has 1 amide bonds. The highest BCUT2D eigenvalue weighted by Gasteiger charge is 2.30. The van der Waals surface area contributed by atoms with Crippen molar-refractivity contribution >= 4 is 21.6 Å². The van der Waals surface area contributed by atoms with Crippen molar-refractivity contribution in [3.63, 3.8) is 0 Å². The van der Waals surface area contributed by atoms with Crippen molar-refractivity contribution in [2.24, 2.45) is 0 Å². The fourth-order valence-corrected chi connectivity index (χ4v) is 4.59. The number of ether oxygens (including phenoxy) is 1. The quantitative estimate of drug-likeness (QED) is 0.851. The highest BCUT2D eigenvalue weighted by atomic mass is 32.2. The van der Waals surface area contributed by atoms with Crippen LogP contribution >= 0.6 is 0 Å². The summed E-state index contributed by atoms with van der Waals surface area (Å²) in [7, 11) is -3.58. The van der Waals surface area contributed by atoms with Crippen molar-refractivity contribution in [2.45, 2.75) is 31.3 Å². The Bertz CT molecular complexity index is 727. The summed E-state index contributed by atoms with van der Waals surface area (Å²) in [4.78, 5) is 13.7. The van der Waals surface area contributed by atoms with Gasteiger partial charge in [-0.1, -0.05) is 0 Å². The Morgan fingerprint density at radius 3 is 2.83 bits per heavy atom. The van der Waals surface area contributed by atoms with Gasteiger partial charge >= 0.3 is 0 Å². The molecule has 24 heavy (non-hydrogen) atoms. The summed E-state index contributed by atoms with van der Waals surface area (Å²) in [6.07, 6.45) is 0.658. The second-order valence-electron chi connectivity index (χ2n) is 6.20. The third kappa shape index (κ3) is 3.26. The normalized spacial score (nSPS) is 22.4. The molecule has 2 aliphatic rings. The molecule has 0 aliphatic carbocycles. The van der Waals surface area contributed by atoms with Crippen LogP contribution in [0.15, 0.2) is 23.1 Å². The van der Waals surface area contributed by atoms with Crippen LogP contribution in [0.1, 0.15) is 20.3 Å². The Kier molecular flexibility index (Phi) is 4.80. The first-order valence-corrected chi connectivity index (χ1v) is 9.63. The zero-order valence-corrected chi connectivity index (χ0v) is 14.8. The molecule has 0 saturated carbocycles. The van der Waals surface area contributed by atoms with Crippen LogP contribution in [0.3, 0.4) is 0 Å². The fourth-order valence-electron chi connectivity index (χ4n) is 3.09. The van der Waals surface area contributed by atoms with Crippen molar-refractivity contribution in [3.05, 3.63) is 18.2 Å². The number of carbonyl (C=O) groups is 1. The van der Waals surface area contributed by atoms with E-state index in [4.69, 9.17) is 4.74 Å². The highest BCUT2D eigenvalue weighted by molar-refractivity contribution is 7.89. The zero-order valence-electron chi connectivity index (χ0n) is 14.0. The number of benzene rings is 1. The molecule has 8 heteroatoms. The minimum Gasteiger partial charge on any atom is -0.487 e. The lowest BCUT2D eigenvalue weighted by atomic mass is 10.2. The van der Waals surface area contributed by atoms with E-state index in [-0.39, 0.29) is 16.9 Å². The predicted molar refractivity (Wildman–Crippen MR) is 90.8 cm³/mol. The smallest absolute Gasteiger partial charge is 0.243 e. The van der Waals surface area contributed by atoms with E-state index in [9.17, 15) is 13.2 Å². The van der Waals surface area contributed by atoms with Crippen LogP contribution in [0.4, 0.5) is 5.69 Å². The van der Waals surface area contributed by atoms with Gasteiger partial charge in [-0.05, 0) is 38.1 Å². The van der Waals surface area contributed by atoms with E-state index in [1.807, 2.05) is 6.92 Å². The summed E-state index contributed by atoms with van der Waals surface area (Å²) in [6.45, 7) is 6.18. The minimum atomic E-state index is -3.58. The highest BCUT2D eigenvalue weighted by Crippen LogP contribution is 2.36. The van der Waals surface area contributed by atoms with Crippen LogP contribution in [0.25, 0.3) is 0 Å². The summed E-state index contributed by atoms with van der Waals surface area (Å²) in [5.41, 5.74) is 0.523. The van der Waals surface area contributed by atoms with Gasteiger partial charge in [0.25, 0.3) is 0 Å². The predicted octanol–water partition coefficient (Wildman–Crippen LogP) is 0.804. The number of nitrogens with one attached hydrogen (secondary N) is 1. The molecule has 0 bridgehead atoms. The van der Waals surface area contributed by atoms with E-state index in [2.05, 4.69) is 5.32 Å². The number of carbonyl (C=O) groups excluding carboxylic acids is 1. The standard InChI is InChI=1S/C16H23N3O4S/c1-12-11-19(13(2)20)15-10-14(4-5-16(15)23-12)24(21,22)18-8-3-6-17-7-9-18/h4-5,10,12,17H,3,6-9,11H2,1-2H3. The third-order valence-electron chi connectivity index (χ3n) is 4.31. The molecule has 0 radical (unpaired) electrons. The van der Waals surface area contributed by atoms with Crippen molar-refractivity contribution in [2.75, 3.05) is 37.6 Å². The van der Waals surface area contributed by atoms with E-state index >= 15 is 0 Å². The summed E-state index contributed by atoms with van der Waals surface area (Å²) >= 11 is 0. The van der Waals surface area contributed by atoms with Crippen LogP contribution in [-0.4, -0.2) is 57.5 Å². The maximum atomic E-state index is 12.9. The lowest BCUT2D eigenvalue weighted by Crippen LogP contribution is -2.41. The first kappa shape index (κ1) is 17.2. The molecule has 7 nitrogen and oxygen atoms in total. The molecule has 3 rings (SSSR count). The second kappa shape index (κ2) is 6.70. The van der Waals surface area contributed by atoms with Crippen LogP contribution in [-0.2, 0) is 14.8 Å². The number of amides is 1. The Balaban J connectivity index is 1.98. The lowest BCUT2D eigenvalue weighted by molar-refractivity contribution is -0.117.